The molecule has 114 valence electrons. The number of guanidine groups is 1. The van der Waals surface area contributed by atoms with Gasteiger partial charge in [0.15, 0.2) is 17.4 Å². The molecule has 0 spiro atoms. The number of hydrogen-bond acceptors (Lipinski definition) is 5. The first-order chi connectivity index (χ1) is 9.33. The molecule has 0 aromatic carbocycles. The van der Waals surface area contributed by atoms with E-state index in [0.717, 1.165) is 12.8 Å². The molecular weight excluding hydrogens is 264 g/mol. The van der Waals surface area contributed by atoms with Crippen LogP contribution in [0.1, 0.15) is 38.5 Å². The molecular formula is C12H22N4O4. The molecule has 1 heterocycles. The van der Waals surface area contributed by atoms with Crippen LogP contribution in [0.25, 0.3) is 0 Å². The van der Waals surface area contributed by atoms with Gasteiger partial charge in [0.2, 0.25) is 0 Å². The van der Waals surface area contributed by atoms with E-state index in [1.54, 1.807) is 0 Å². The van der Waals surface area contributed by atoms with E-state index in [0.29, 0.717) is 25.8 Å². The van der Waals surface area contributed by atoms with E-state index in [9.17, 15) is 20.1 Å². The maximum absolute atomic E-state index is 11.4. The van der Waals surface area contributed by atoms with Gasteiger partial charge in [-0.15, -0.1) is 0 Å². The lowest BCUT2D eigenvalue weighted by atomic mass is 9.95. The average Bonchev–Trinajstić information content (AvgIpc) is 2.86. The Bertz CT molecular complexity index is 400. The summed E-state index contributed by atoms with van der Waals surface area (Å²) in [6.45, 7) is 0.393. The SMILES string of the molecule is N=C(N)NCCC[C@@H](C(=O)O)N1C2(O)CCCCC12O. The Morgan fingerprint density at radius 3 is 2.35 bits per heavy atom. The van der Waals surface area contributed by atoms with Crippen LogP contribution in [0.2, 0.25) is 0 Å². The molecule has 0 amide bonds. The third-order valence-corrected chi connectivity index (χ3v) is 4.26. The number of nitrogens with two attached hydrogens (primary N) is 1. The third kappa shape index (κ3) is 2.34. The Hall–Kier alpha value is -1.38. The molecule has 8 nitrogen and oxygen atoms in total. The van der Waals surface area contributed by atoms with Crippen molar-refractivity contribution in [3.8, 4) is 0 Å². The number of likely N-dealkylation sites (tertiary alicyclic amines) is 1. The van der Waals surface area contributed by atoms with Crippen LogP contribution in [0.4, 0.5) is 0 Å². The summed E-state index contributed by atoms with van der Waals surface area (Å²) in [5.74, 6) is -1.21. The minimum Gasteiger partial charge on any atom is -0.480 e. The second-order valence-electron chi connectivity index (χ2n) is 5.55. The molecule has 1 saturated heterocycles. The number of aliphatic hydroxyl groups is 2. The first-order valence-corrected chi connectivity index (χ1v) is 6.88. The third-order valence-electron chi connectivity index (χ3n) is 4.26. The summed E-state index contributed by atoms with van der Waals surface area (Å²) in [6, 6.07) is -0.920. The lowest BCUT2D eigenvalue weighted by Gasteiger charge is -2.17. The van der Waals surface area contributed by atoms with E-state index in [2.05, 4.69) is 5.32 Å². The van der Waals surface area contributed by atoms with Crippen molar-refractivity contribution in [3.05, 3.63) is 0 Å². The Balaban J connectivity index is 1.96. The van der Waals surface area contributed by atoms with Gasteiger partial charge in [-0.2, -0.15) is 0 Å². The minimum absolute atomic E-state index is 0.158. The van der Waals surface area contributed by atoms with Gasteiger partial charge < -0.3 is 26.4 Å². The van der Waals surface area contributed by atoms with Crippen molar-refractivity contribution in [2.75, 3.05) is 6.54 Å². The van der Waals surface area contributed by atoms with Crippen molar-refractivity contribution in [1.29, 1.82) is 5.41 Å². The van der Waals surface area contributed by atoms with Gasteiger partial charge in [0.25, 0.3) is 0 Å². The van der Waals surface area contributed by atoms with Crippen LogP contribution in [0.15, 0.2) is 0 Å². The largest absolute Gasteiger partial charge is 0.480 e. The highest BCUT2D eigenvalue weighted by Crippen LogP contribution is 2.58. The average molecular weight is 286 g/mol. The lowest BCUT2D eigenvalue weighted by Crippen LogP contribution is -2.36. The molecule has 1 aliphatic heterocycles. The number of rotatable bonds is 6. The molecule has 2 unspecified atom stereocenters. The fourth-order valence-electron chi connectivity index (χ4n) is 3.24. The number of nitrogens with one attached hydrogen (secondary N) is 2. The van der Waals surface area contributed by atoms with Gasteiger partial charge in [-0.05, 0) is 38.5 Å². The molecule has 0 aromatic heterocycles. The van der Waals surface area contributed by atoms with Gasteiger partial charge >= 0.3 is 5.97 Å². The van der Waals surface area contributed by atoms with Gasteiger partial charge in [-0.3, -0.25) is 10.2 Å². The van der Waals surface area contributed by atoms with Crippen molar-refractivity contribution in [2.24, 2.45) is 5.73 Å². The Labute approximate surface area is 117 Å². The zero-order valence-electron chi connectivity index (χ0n) is 11.3. The van der Waals surface area contributed by atoms with Gasteiger partial charge in [0.1, 0.15) is 6.04 Å². The predicted octanol–water partition coefficient (Wildman–Crippen LogP) is -1.03. The van der Waals surface area contributed by atoms with Crippen LogP contribution >= 0.6 is 0 Å². The summed E-state index contributed by atoms with van der Waals surface area (Å²) in [6.07, 6.45) is 3.14. The molecule has 3 atom stereocenters. The van der Waals surface area contributed by atoms with E-state index >= 15 is 0 Å². The number of carboxylic acids is 1. The number of nitrogens with zero attached hydrogens (tertiary/aromatic N) is 1. The fraction of sp³-hybridized carbons (Fsp3) is 0.833. The summed E-state index contributed by atoms with van der Waals surface area (Å²) >= 11 is 0. The molecule has 7 N–H and O–H groups in total. The van der Waals surface area contributed by atoms with Crippen LogP contribution in [-0.2, 0) is 4.79 Å². The quantitative estimate of drug-likeness (QED) is 0.159. The summed E-state index contributed by atoms with van der Waals surface area (Å²) in [7, 11) is 0. The second-order valence-corrected chi connectivity index (χ2v) is 5.55. The van der Waals surface area contributed by atoms with Crippen LogP contribution in [0.5, 0.6) is 0 Å². The highest BCUT2D eigenvalue weighted by molar-refractivity contribution is 5.75. The molecule has 2 fully saturated rings. The van der Waals surface area contributed by atoms with Crippen LogP contribution in [0, 0.1) is 5.41 Å². The number of fused-ring (bicyclic) bond motifs is 1. The van der Waals surface area contributed by atoms with Gasteiger partial charge in [-0.1, -0.05) is 0 Å². The van der Waals surface area contributed by atoms with Gasteiger partial charge in [0.05, 0.1) is 0 Å². The standard InChI is InChI=1S/C12H22N4O4/c13-10(14)15-7-3-4-8(9(17)18)16-11(19)5-1-2-6-12(11,16)20/h8,19-20H,1-7H2,(H,17,18)(H4,13,14,15)/t8-,11?,12?,16?/m0/s1. The molecule has 0 bridgehead atoms. The van der Waals surface area contributed by atoms with E-state index in [1.165, 1.54) is 4.90 Å². The summed E-state index contributed by atoms with van der Waals surface area (Å²) in [5.41, 5.74) is 2.37. The summed E-state index contributed by atoms with van der Waals surface area (Å²) in [4.78, 5) is 12.7. The predicted molar refractivity (Wildman–Crippen MR) is 70.8 cm³/mol. The topological polar surface area (TPSA) is 143 Å². The molecule has 2 rings (SSSR count). The Kier molecular flexibility index (Phi) is 3.90. The smallest absolute Gasteiger partial charge is 0.321 e. The number of carbonyl (C=O) groups is 1. The normalized spacial score (nSPS) is 36.8. The van der Waals surface area contributed by atoms with Crippen molar-refractivity contribution in [2.45, 2.75) is 56.0 Å². The van der Waals surface area contributed by atoms with E-state index < -0.39 is 23.5 Å². The highest BCUT2D eigenvalue weighted by Gasteiger charge is 2.77. The van der Waals surface area contributed by atoms with Crippen LogP contribution in [0.3, 0.4) is 0 Å². The molecule has 0 radical (unpaired) electrons. The van der Waals surface area contributed by atoms with E-state index in [1.807, 2.05) is 0 Å². The number of aliphatic carboxylic acids is 1. The van der Waals surface area contributed by atoms with Gasteiger partial charge in [-0.25, -0.2) is 4.90 Å². The Morgan fingerprint density at radius 2 is 1.90 bits per heavy atom. The molecule has 1 aliphatic carbocycles. The van der Waals surface area contributed by atoms with Crippen molar-refractivity contribution >= 4 is 11.9 Å². The number of hydrogen-bond donors (Lipinski definition) is 6. The molecule has 8 heteroatoms. The van der Waals surface area contributed by atoms with E-state index in [-0.39, 0.29) is 12.4 Å². The minimum atomic E-state index is -1.39. The van der Waals surface area contributed by atoms with Gasteiger partial charge in [0, 0.05) is 6.54 Å². The zero-order chi connectivity index (χ0) is 15.0. The summed E-state index contributed by atoms with van der Waals surface area (Å²) < 4.78 is 0. The molecule has 0 aromatic rings. The maximum Gasteiger partial charge on any atom is 0.321 e. The van der Waals surface area contributed by atoms with Crippen LogP contribution in [-0.4, -0.2) is 56.2 Å². The monoisotopic (exact) mass is 286 g/mol. The highest BCUT2D eigenvalue weighted by atomic mass is 16.4. The maximum atomic E-state index is 11.4. The van der Waals surface area contributed by atoms with Crippen molar-refractivity contribution in [1.82, 2.24) is 10.2 Å². The van der Waals surface area contributed by atoms with Crippen molar-refractivity contribution in [3.63, 3.8) is 0 Å². The molecule has 20 heavy (non-hydrogen) atoms. The molecule has 1 saturated carbocycles. The first kappa shape index (κ1) is 15.0. The van der Waals surface area contributed by atoms with Crippen molar-refractivity contribution < 1.29 is 20.1 Å². The summed E-state index contributed by atoms with van der Waals surface area (Å²) in [5, 5.41) is 39.7. The first-order valence-electron chi connectivity index (χ1n) is 6.88. The van der Waals surface area contributed by atoms with Crippen LogP contribution < -0.4 is 11.1 Å². The zero-order valence-corrected chi connectivity index (χ0v) is 11.3. The second kappa shape index (κ2) is 5.19. The number of carboxylic acid groups (broad SMARTS) is 1. The lowest BCUT2D eigenvalue weighted by molar-refractivity contribution is -0.144. The Morgan fingerprint density at radius 1 is 1.35 bits per heavy atom. The van der Waals surface area contributed by atoms with E-state index in [4.69, 9.17) is 11.1 Å². The molecule has 2 aliphatic rings. The fourth-order valence-corrected chi connectivity index (χ4v) is 3.24.